The molecule has 2 saturated heterocycles. The zero-order chi connectivity index (χ0) is 24.0. The van der Waals surface area contributed by atoms with Crippen molar-refractivity contribution in [3.63, 3.8) is 0 Å². The van der Waals surface area contributed by atoms with Crippen LogP contribution in [0.4, 0.5) is 5.82 Å². The van der Waals surface area contributed by atoms with Crippen LogP contribution in [-0.4, -0.2) is 63.6 Å². The Hall–Kier alpha value is -2.03. The second-order valence-electron chi connectivity index (χ2n) is 10.7. The topological polar surface area (TPSA) is 81.6 Å². The summed E-state index contributed by atoms with van der Waals surface area (Å²) < 4.78 is 1.02. The number of aliphatic hydroxyl groups excluding tert-OH is 1. The predicted molar refractivity (Wildman–Crippen MR) is 136 cm³/mol. The quantitative estimate of drug-likeness (QED) is 0.630. The van der Waals surface area contributed by atoms with Gasteiger partial charge in [-0.1, -0.05) is 35.0 Å². The van der Waals surface area contributed by atoms with Gasteiger partial charge < -0.3 is 20.2 Å². The van der Waals surface area contributed by atoms with E-state index in [1.165, 1.54) is 0 Å². The van der Waals surface area contributed by atoms with Crippen LogP contribution in [0, 0.1) is 0 Å². The van der Waals surface area contributed by atoms with E-state index in [1.54, 1.807) is 6.33 Å². The van der Waals surface area contributed by atoms with Crippen molar-refractivity contribution < 1.29 is 9.90 Å². The number of amides is 1. The molecule has 1 aromatic carbocycles. The molecule has 4 atom stereocenters. The average Bonchev–Trinajstić information content (AvgIpc) is 3.33. The number of aliphatic hydroxyl groups is 1. The first-order chi connectivity index (χ1) is 16.2. The van der Waals surface area contributed by atoms with Gasteiger partial charge >= 0.3 is 0 Å². The lowest BCUT2D eigenvalue weighted by molar-refractivity contribution is -0.133. The van der Waals surface area contributed by atoms with E-state index in [4.69, 9.17) is 0 Å². The summed E-state index contributed by atoms with van der Waals surface area (Å²) >= 11 is 3.53. The van der Waals surface area contributed by atoms with E-state index in [2.05, 4.69) is 69.0 Å². The van der Waals surface area contributed by atoms with Crippen molar-refractivity contribution in [2.24, 2.45) is 0 Å². The molecule has 0 radical (unpaired) electrons. The maximum Gasteiger partial charge on any atom is 0.231 e. The average molecular weight is 528 g/mol. The number of aromatic nitrogens is 2. The molecule has 1 amide bonds. The van der Waals surface area contributed by atoms with Crippen LogP contribution in [0.15, 0.2) is 35.1 Å². The number of nitrogens with zero attached hydrogens (tertiary/aromatic N) is 4. The lowest BCUT2D eigenvalue weighted by Gasteiger charge is -2.39. The smallest absolute Gasteiger partial charge is 0.231 e. The van der Waals surface area contributed by atoms with E-state index in [-0.39, 0.29) is 29.3 Å². The van der Waals surface area contributed by atoms with Gasteiger partial charge in [0.25, 0.3) is 0 Å². The van der Waals surface area contributed by atoms with Gasteiger partial charge in [0.05, 0.1) is 17.7 Å². The minimum atomic E-state index is -0.510. The molecule has 0 spiro atoms. The number of anilines is 1. The number of carbonyl (C=O) groups excluding carboxylic acids is 1. The first-order valence-corrected chi connectivity index (χ1v) is 13.1. The molecule has 2 aromatic rings. The third-order valence-corrected chi connectivity index (χ3v) is 8.25. The summed E-state index contributed by atoms with van der Waals surface area (Å²) in [5.74, 6) is 1.16. The predicted octanol–water partition coefficient (Wildman–Crippen LogP) is 3.74. The summed E-state index contributed by atoms with van der Waals surface area (Å²) in [5.41, 5.74) is 2.95. The summed E-state index contributed by atoms with van der Waals surface area (Å²) in [6.45, 7) is 9.35. The van der Waals surface area contributed by atoms with Crippen LogP contribution in [0.5, 0.6) is 0 Å². The number of hydrogen-bond acceptors (Lipinski definition) is 6. The van der Waals surface area contributed by atoms with Crippen molar-refractivity contribution in [3.05, 3.63) is 51.9 Å². The Balaban J connectivity index is 1.33. The Morgan fingerprint density at radius 3 is 2.53 bits per heavy atom. The summed E-state index contributed by atoms with van der Waals surface area (Å²) in [6.07, 6.45) is 3.80. The van der Waals surface area contributed by atoms with E-state index in [0.29, 0.717) is 19.5 Å². The molecule has 3 heterocycles. The largest absolute Gasteiger partial charge is 0.387 e. The lowest BCUT2D eigenvalue weighted by Crippen LogP contribution is -2.53. The van der Waals surface area contributed by atoms with E-state index in [1.807, 2.05) is 17.0 Å². The van der Waals surface area contributed by atoms with Crippen molar-refractivity contribution in [1.29, 1.82) is 0 Å². The Kier molecular flexibility index (Phi) is 6.42. The normalized spacial score (nSPS) is 27.0. The standard InChI is InChI=1S/C26H34BrN5O2/c1-16-14-20(33)23-21(16)24(29-15-28-23)31-10-12-32(13-11-31)25(34)22(17-4-6-18(27)7-5-17)19-8-9-26(2,3)30-19/h4-7,15-16,19-20,22,30,33H,8-14H2,1-3H3/t16-,19?,20+,22?/m1/s1. The van der Waals surface area contributed by atoms with Crippen LogP contribution in [0.3, 0.4) is 0 Å². The number of halogens is 1. The highest BCUT2D eigenvalue weighted by molar-refractivity contribution is 9.10. The van der Waals surface area contributed by atoms with Crippen LogP contribution in [-0.2, 0) is 4.79 Å². The highest BCUT2D eigenvalue weighted by Gasteiger charge is 2.41. The fourth-order valence-corrected chi connectivity index (χ4v) is 6.18. The van der Waals surface area contributed by atoms with Gasteiger partial charge in [0, 0.05) is 47.8 Å². The molecule has 8 heteroatoms. The summed E-state index contributed by atoms with van der Waals surface area (Å²) in [7, 11) is 0. The van der Waals surface area contributed by atoms with Gasteiger partial charge in [-0.15, -0.1) is 0 Å². The van der Waals surface area contributed by atoms with Crippen LogP contribution in [0.1, 0.15) is 74.8 Å². The molecule has 0 bridgehead atoms. The van der Waals surface area contributed by atoms with Crippen molar-refractivity contribution in [2.45, 2.75) is 69.6 Å². The molecule has 2 N–H and O–H groups in total. The second kappa shape index (κ2) is 9.21. The molecule has 3 aliphatic rings. The third kappa shape index (κ3) is 4.48. The molecule has 2 unspecified atom stereocenters. The molecule has 1 aliphatic carbocycles. The molecule has 5 rings (SSSR count). The minimum absolute atomic E-state index is 0.0475. The number of nitrogens with one attached hydrogen (secondary N) is 1. The molecular formula is C26H34BrN5O2. The summed E-state index contributed by atoms with van der Waals surface area (Å²) in [6, 6.07) is 8.34. The number of carbonyl (C=O) groups is 1. The molecule has 0 saturated carbocycles. The van der Waals surface area contributed by atoms with Gasteiger partial charge in [-0.3, -0.25) is 4.79 Å². The van der Waals surface area contributed by atoms with Crippen LogP contribution >= 0.6 is 15.9 Å². The number of fused-ring (bicyclic) bond motifs is 1. The van der Waals surface area contributed by atoms with Gasteiger partial charge in [-0.2, -0.15) is 0 Å². The molecule has 182 valence electrons. The lowest BCUT2D eigenvalue weighted by atomic mass is 9.89. The first-order valence-electron chi connectivity index (χ1n) is 12.3. The zero-order valence-corrected chi connectivity index (χ0v) is 21.8. The molecular weight excluding hydrogens is 494 g/mol. The second-order valence-corrected chi connectivity index (χ2v) is 11.6. The van der Waals surface area contributed by atoms with Gasteiger partial charge in [0.1, 0.15) is 12.1 Å². The van der Waals surface area contributed by atoms with E-state index >= 15 is 0 Å². The molecule has 7 nitrogen and oxygen atoms in total. The van der Waals surface area contributed by atoms with Crippen molar-refractivity contribution in [1.82, 2.24) is 20.2 Å². The Bertz CT molecular complexity index is 1050. The molecule has 2 fully saturated rings. The monoisotopic (exact) mass is 527 g/mol. The molecule has 34 heavy (non-hydrogen) atoms. The highest BCUT2D eigenvalue weighted by atomic mass is 79.9. The van der Waals surface area contributed by atoms with Gasteiger partial charge in [-0.25, -0.2) is 9.97 Å². The Morgan fingerprint density at radius 1 is 1.18 bits per heavy atom. The number of rotatable bonds is 4. The van der Waals surface area contributed by atoms with Crippen molar-refractivity contribution in [3.8, 4) is 0 Å². The van der Waals surface area contributed by atoms with Crippen LogP contribution in [0.2, 0.25) is 0 Å². The first kappa shape index (κ1) is 23.7. The zero-order valence-electron chi connectivity index (χ0n) is 20.2. The van der Waals surface area contributed by atoms with Gasteiger partial charge in [0.15, 0.2) is 0 Å². The van der Waals surface area contributed by atoms with Gasteiger partial charge in [-0.05, 0) is 56.7 Å². The summed E-state index contributed by atoms with van der Waals surface area (Å²) in [4.78, 5) is 27.1. The van der Waals surface area contributed by atoms with Gasteiger partial charge in [0.2, 0.25) is 5.91 Å². The number of piperazine rings is 1. The maximum atomic E-state index is 13.9. The minimum Gasteiger partial charge on any atom is -0.387 e. The fourth-order valence-electron chi connectivity index (χ4n) is 5.92. The van der Waals surface area contributed by atoms with E-state index < -0.39 is 6.10 Å². The third-order valence-electron chi connectivity index (χ3n) is 7.72. The van der Waals surface area contributed by atoms with Crippen molar-refractivity contribution >= 4 is 27.7 Å². The summed E-state index contributed by atoms with van der Waals surface area (Å²) in [5, 5.41) is 14.1. The van der Waals surface area contributed by atoms with E-state index in [9.17, 15) is 9.90 Å². The Morgan fingerprint density at radius 2 is 1.88 bits per heavy atom. The molecule has 1 aromatic heterocycles. The Labute approximate surface area is 210 Å². The molecule has 2 aliphatic heterocycles. The van der Waals surface area contributed by atoms with E-state index in [0.717, 1.165) is 53.0 Å². The fraction of sp³-hybridized carbons (Fsp3) is 0.577. The SMILES string of the molecule is C[C@@H]1C[C@H](O)c2ncnc(N3CCN(C(=O)C(c4ccc(Br)cc4)C4CCC(C)(C)N4)CC3)c21. The highest BCUT2D eigenvalue weighted by Crippen LogP contribution is 2.43. The van der Waals surface area contributed by atoms with Crippen LogP contribution in [0.25, 0.3) is 0 Å². The van der Waals surface area contributed by atoms with Crippen LogP contribution < -0.4 is 10.2 Å². The number of benzene rings is 1. The van der Waals surface area contributed by atoms with Crippen molar-refractivity contribution in [2.75, 3.05) is 31.1 Å². The number of hydrogen-bond donors (Lipinski definition) is 2. The maximum absolute atomic E-state index is 13.9.